The lowest BCUT2D eigenvalue weighted by Crippen LogP contribution is -2.47. The van der Waals surface area contributed by atoms with Crippen LogP contribution in [-0.2, 0) is 10.0 Å². The first-order valence-electron chi connectivity index (χ1n) is 16.0. The number of aromatic nitrogens is 3. The number of aromatic amines is 1. The molecule has 47 heavy (non-hydrogen) atoms. The largest absolute Gasteiger partial charge is 0.491 e. The Morgan fingerprint density at radius 3 is 2.57 bits per heavy atom. The van der Waals surface area contributed by atoms with Gasteiger partial charge in [0.05, 0.1) is 34.5 Å². The Hall–Kier alpha value is -4.70. The molecule has 8 rings (SSSR count). The van der Waals surface area contributed by atoms with Crippen molar-refractivity contribution in [3.8, 4) is 34.1 Å². The fraction of sp³-hybridized carbons (Fsp3) is 0.343. The quantitative estimate of drug-likeness (QED) is 0.279. The number of carbonyl (C=O) groups excluding carboxylic acids is 1. The van der Waals surface area contributed by atoms with Gasteiger partial charge in [-0.2, -0.15) is 5.26 Å². The summed E-state index contributed by atoms with van der Waals surface area (Å²) >= 11 is 0. The Morgan fingerprint density at radius 2 is 1.79 bits per heavy atom. The molecule has 240 valence electrons. The summed E-state index contributed by atoms with van der Waals surface area (Å²) in [5.74, 6) is 0.544. The van der Waals surface area contributed by atoms with Gasteiger partial charge in [-0.1, -0.05) is 6.07 Å². The molecule has 1 aliphatic carbocycles. The topological polar surface area (TPSA) is 128 Å². The van der Waals surface area contributed by atoms with Gasteiger partial charge < -0.3 is 19.5 Å². The third kappa shape index (κ3) is 5.34. The number of amides is 1. The molecule has 0 atom stereocenters. The van der Waals surface area contributed by atoms with Crippen LogP contribution in [0.3, 0.4) is 0 Å². The molecule has 3 aromatic heterocycles. The SMILES string of the molecule is CN1CCN(CCN2CCOc3cc(-c4cnc5[nH]cc(-c6cc(C#N)c7ccn(S(=O)(=O)C8CC8)c7c6)c5c4)ccc3C2=O)CC1. The van der Waals surface area contributed by atoms with E-state index < -0.39 is 10.0 Å². The highest BCUT2D eigenvalue weighted by Crippen LogP contribution is 2.38. The number of H-pyrrole nitrogens is 1. The fourth-order valence-electron chi connectivity index (χ4n) is 6.70. The number of carbonyl (C=O) groups is 1. The van der Waals surface area contributed by atoms with Crippen LogP contribution in [0.2, 0.25) is 0 Å². The maximum absolute atomic E-state index is 13.5. The molecular weight excluding hydrogens is 614 g/mol. The number of piperazine rings is 1. The molecule has 2 fully saturated rings. The molecular formula is C35H35N7O4S. The molecule has 5 aromatic rings. The van der Waals surface area contributed by atoms with Crippen molar-refractivity contribution in [2.45, 2.75) is 18.1 Å². The zero-order valence-corrected chi connectivity index (χ0v) is 27.0. The van der Waals surface area contributed by atoms with E-state index in [4.69, 9.17) is 4.74 Å². The minimum atomic E-state index is -3.53. The molecule has 0 radical (unpaired) electrons. The minimum Gasteiger partial charge on any atom is -0.491 e. The van der Waals surface area contributed by atoms with Crippen LogP contribution >= 0.6 is 0 Å². The van der Waals surface area contributed by atoms with E-state index in [2.05, 4.69) is 32.9 Å². The first kappa shape index (κ1) is 29.7. The van der Waals surface area contributed by atoms with Gasteiger partial charge in [-0.05, 0) is 67.4 Å². The predicted molar refractivity (Wildman–Crippen MR) is 180 cm³/mol. The van der Waals surface area contributed by atoms with E-state index in [1.807, 2.05) is 41.4 Å². The molecule has 11 nitrogen and oxygen atoms in total. The number of nitrogens with zero attached hydrogens (tertiary/aromatic N) is 6. The Balaban J connectivity index is 1.10. The smallest absolute Gasteiger partial charge is 0.257 e. The zero-order chi connectivity index (χ0) is 32.3. The molecule has 12 heteroatoms. The van der Waals surface area contributed by atoms with E-state index in [0.717, 1.165) is 60.4 Å². The molecule has 1 saturated carbocycles. The van der Waals surface area contributed by atoms with Crippen molar-refractivity contribution in [1.82, 2.24) is 28.6 Å². The summed E-state index contributed by atoms with van der Waals surface area (Å²) in [4.78, 5) is 28.1. The van der Waals surface area contributed by atoms with Crippen LogP contribution in [0.5, 0.6) is 5.75 Å². The monoisotopic (exact) mass is 649 g/mol. The summed E-state index contributed by atoms with van der Waals surface area (Å²) in [7, 11) is -1.39. The van der Waals surface area contributed by atoms with Crippen LogP contribution in [0.25, 0.3) is 44.2 Å². The molecule has 3 aliphatic rings. The van der Waals surface area contributed by atoms with Crippen molar-refractivity contribution in [2.75, 3.05) is 59.5 Å². The standard InChI is InChI=1S/C35H35N7O4S/c1-39-8-10-40(11-9-39)12-13-41-14-15-46-33-19-23(2-5-29(33)35(41)43)26-17-30-31(22-38-34(30)37-21-26)24-16-25(20-36)28-6-7-42(32(28)18-24)47(44,45)27-3-4-27/h2,5-7,16-19,21-22,27H,3-4,8-15H2,1H3,(H,37,38). The fourth-order valence-corrected chi connectivity index (χ4v) is 8.41. The minimum absolute atomic E-state index is 0.0168. The highest BCUT2D eigenvalue weighted by atomic mass is 32.2. The number of hydrogen-bond acceptors (Lipinski definition) is 8. The number of likely N-dealkylation sites (N-methyl/N-ethyl adjacent to an activating group) is 1. The lowest BCUT2D eigenvalue weighted by molar-refractivity contribution is 0.0713. The van der Waals surface area contributed by atoms with Gasteiger partial charge in [-0.3, -0.25) is 9.69 Å². The predicted octanol–water partition coefficient (Wildman–Crippen LogP) is 4.15. The Labute approximate surface area is 273 Å². The van der Waals surface area contributed by atoms with E-state index >= 15 is 0 Å². The normalized spacial score (nSPS) is 17.9. The van der Waals surface area contributed by atoms with Gasteiger partial charge in [-0.15, -0.1) is 0 Å². The van der Waals surface area contributed by atoms with Crippen LogP contribution in [0, 0.1) is 11.3 Å². The zero-order valence-electron chi connectivity index (χ0n) is 26.1. The van der Waals surface area contributed by atoms with Crippen LogP contribution < -0.4 is 4.74 Å². The third-order valence-electron chi connectivity index (χ3n) is 9.69. The molecule has 0 unspecified atom stereocenters. The number of ether oxygens (including phenoxy) is 1. The molecule has 5 heterocycles. The van der Waals surface area contributed by atoms with Gasteiger partial charge in [-0.25, -0.2) is 17.4 Å². The van der Waals surface area contributed by atoms with Gasteiger partial charge in [0.2, 0.25) is 10.0 Å². The van der Waals surface area contributed by atoms with Crippen molar-refractivity contribution in [1.29, 1.82) is 5.26 Å². The van der Waals surface area contributed by atoms with Crippen molar-refractivity contribution in [2.24, 2.45) is 0 Å². The number of nitriles is 1. The van der Waals surface area contributed by atoms with Gasteiger partial charge in [0, 0.05) is 79.8 Å². The molecule has 1 saturated heterocycles. The van der Waals surface area contributed by atoms with Crippen LogP contribution in [-0.4, -0.2) is 108 Å². The summed E-state index contributed by atoms with van der Waals surface area (Å²) in [5, 5.41) is 11.0. The van der Waals surface area contributed by atoms with E-state index in [1.54, 1.807) is 24.5 Å². The van der Waals surface area contributed by atoms with E-state index in [1.165, 1.54) is 3.97 Å². The molecule has 1 amide bonds. The summed E-state index contributed by atoms with van der Waals surface area (Å²) in [6.07, 6.45) is 6.47. The highest BCUT2D eigenvalue weighted by molar-refractivity contribution is 7.91. The van der Waals surface area contributed by atoms with Crippen molar-refractivity contribution < 1.29 is 17.9 Å². The lowest BCUT2D eigenvalue weighted by atomic mass is 9.98. The Bertz CT molecular complexity index is 2190. The van der Waals surface area contributed by atoms with Gasteiger partial charge in [0.15, 0.2) is 0 Å². The van der Waals surface area contributed by atoms with E-state index in [-0.39, 0.29) is 11.2 Å². The first-order chi connectivity index (χ1) is 22.8. The number of nitrogens with one attached hydrogen (secondary N) is 1. The molecule has 0 bridgehead atoms. The summed E-state index contributed by atoms with van der Waals surface area (Å²) in [5.41, 5.74) is 5.36. The number of hydrogen-bond donors (Lipinski definition) is 1. The number of fused-ring (bicyclic) bond motifs is 3. The second-order valence-electron chi connectivity index (χ2n) is 12.7. The summed E-state index contributed by atoms with van der Waals surface area (Å²) in [6.45, 7) is 6.60. The van der Waals surface area contributed by atoms with Crippen LogP contribution in [0.4, 0.5) is 0 Å². The van der Waals surface area contributed by atoms with Crippen molar-refractivity contribution in [3.05, 3.63) is 72.2 Å². The molecule has 2 aromatic carbocycles. The Morgan fingerprint density at radius 1 is 0.957 bits per heavy atom. The van der Waals surface area contributed by atoms with Gasteiger partial charge in [0.25, 0.3) is 5.91 Å². The highest BCUT2D eigenvalue weighted by Gasteiger charge is 2.37. The lowest BCUT2D eigenvalue weighted by Gasteiger charge is -2.33. The number of rotatable bonds is 7. The average molecular weight is 650 g/mol. The molecule has 0 spiro atoms. The van der Waals surface area contributed by atoms with Crippen molar-refractivity contribution in [3.63, 3.8) is 0 Å². The van der Waals surface area contributed by atoms with Gasteiger partial charge in [0.1, 0.15) is 18.0 Å². The van der Waals surface area contributed by atoms with Crippen molar-refractivity contribution >= 4 is 37.9 Å². The average Bonchev–Trinajstić information content (AvgIpc) is 3.77. The molecule has 2 aliphatic heterocycles. The summed E-state index contributed by atoms with van der Waals surface area (Å²) < 4.78 is 33.8. The second-order valence-corrected chi connectivity index (χ2v) is 14.8. The second kappa shape index (κ2) is 11.5. The van der Waals surface area contributed by atoms with Crippen LogP contribution in [0.1, 0.15) is 28.8 Å². The maximum Gasteiger partial charge on any atom is 0.257 e. The number of benzene rings is 2. The third-order valence-corrected chi connectivity index (χ3v) is 11.9. The van der Waals surface area contributed by atoms with E-state index in [9.17, 15) is 18.5 Å². The van der Waals surface area contributed by atoms with E-state index in [0.29, 0.717) is 66.0 Å². The van der Waals surface area contributed by atoms with Gasteiger partial charge >= 0.3 is 0 Å². The van der Waals surface area contributed by atoms with Crippen LogP contribution in [0.15, 0.2) is 61.1 Å². The summed E-state index contributed by atoms with van der Waals surface area (Å²) in [6, 6.07) is 15.3. The molecule has 1 N–H and O–H groups in total. The number of pyridine rings is 1. The maximum atomic E-state index is 13.5. The first-order valence-corrected chi connectivity index (χ1v) is 17.5. The Kier molecular flexibility index (Phi) is 7.28.